The highest BCUT2D eigenvalue weighted by Gasteiger charge is 2.32. The summed E-state index contributed by atoms with van der Waals surface area (Å²) in [6, 6.07) is 0. The quantitative estimate of drug-likeness (QED) is 0.832. The summed E-state index contributed by atoms with van der Waals surface area (Å²) in [7, 11) is 0. The summed E-state index contributed by atoms with van der Waals surface area (Å²) in [6.07, 6.45) is -5.11. The summed E-state index contributed by atoms with van der Waals surface area (Å²) >= 11 is 0. The van der Waals surface area contributed by atoms with Crippen molar-refractivity contribution in [1.82, 2.24) is 4.90 Å². The molecule has 1 heterocycles. The molecule has 7 heteroatoms. The van der Waals surface area contributed by atoms with Gasteiger partial charge in [0.15, 0.2) is 0 Å². The summed E-state index contributed by atoms with van der Waals surface area (Å²) in [5, 5.41) is 8.78. The van der Waals surface area contributed by atoms with Crippen molar-refractivity contribution in [2.75, 3.05) is 13.1 Å². The number of aliphatic carboxylic acids is 1. The second-order valence-electron chi connectivity index (χ2n) is 4.13. The molecule has 1 aliphatic rings. The van der Waals surface area contributed by atoms with Crippen molar-refractivity contribution in [1.29, 1.82) is 0 Å². The molecule has 1 fully saturated rings. The number of hydrogen-bond acceptors (Lipinski definition) is 2. The molecule has 1 atom stereocenters. The first-order chi connectivity index (χ1) is 7.79. The monoisotopic (exact) mass is 253 g/mol. The Morgan fingerprint density at radius 2 is 2.00 bits per heavy atom. The van der Waals surface area contributed by atoms with Crippen LogP contribution < -0.4 is 0 Å². The zero-order chi connectivity index (χ0) is 13.1. The summed E-state index contributed by atoms with van der Waals surface area (Å²) in [5.74, 6) is -2.27. The molecule has 1 aliphatic heterocycles. The van der Waals surface area contributed by atoms with Gasteiger partial charge in [0.25, 0.3) is 0 Å². The zero-order valence-corrected chi connectivity index (χ0v) is 9.16. The van der Waals surface area contributed by atoms with Crippen molar-refractivity contribution in [2.24, 2.45) is 5.92 Å². The molecule has 1 rings (SSSR count). The van der Waals surface area contributed by atoms with Crippen LogP contribution in [0.5, 0.6) is 0 Å². The number of rotatable bonds is 3. The Morgan fingerprint density at radius 3 is 2.53 bits per heavy atom. The van der Waals surface area contributed by atoms with E-state index in [0.29, 0.717) is 19.4 Å². The van der Waals surface area contributed by atoms with Gasteiger partial charge in [0.2, 0.25) is 5.91 Å². The van der Waals surface area contributed by atoms with Crippen LogP contribution in [0.1, 0.15) is 25.7 Å². The highest BCUT2D eigenvalue weighted by Crippen LogP contribution is 2.23. The number of hydrogen-bond donors (Lipinski definition) is 1. The number of amides is 1. The molecule has 1 N–H and O–H groups in total. The molecule has 0 spiro atoms. The van der Waals surface area contributed by atoms with Crippen LogP contribution in [0.2, 0.25) is 0 Å². The molecular formula is C10H14F3NO3. The van der Waals surface area contributed by atoms with Crippen molar-refractivity contribution in [3.63, 3.8) is 0 Å². The molecule has 0 aromatic heterocycles. The fourth-order valence-electron chi connectivity index (χ4n) is 1.81. The molecular weight excluding hydrogens is 239 g/mol. The molecule has 0 aliphatic carbocycles. The lowest BCUT2D eigenvalue weighted by atomic mass is 9.98. The van der Waals surface area contributed by atoms with Crippen LogP contribution in [0.4, 0.5) is 13.2 Å². The molecule has 0 bridgehead atoms. The lowest BCUT2D eigenvalue weighted by Crippen LogP contribution is -2.42. The van der Waals surface area contributed by atoms with Gasteiger partial charge in [-0.25, -0.2) is 0 Å². The molecule has 0 aromatic carbocycles. The van der Waals surface area contributed by atoms with Gasteiger partial charge in [-0.3, -0.25) is 9.59 Å². The third kappa shape index (κ3) is 4.62. The van der Waals surface area contributed by atoms with Crippen LogP contribution >= 0.6 is 0 Å². The molecule has 1 saturated heterocycles. The molecule has 0 saturated carbocycles. The fraction of sp³-hybridized carbons (Fsp3) is 0.800. The third-order valence-electron chi connectivity index (χ3n) is 2.75. The number of alkyl halides is 3. The van der Waals surface area contributed by atoms with E-state index in [-0.39, 0.29) is 6.54 Å². The number of piperidine rings is 1. The Bertz CT molecular complexity index is 304. The molecule has 98 valence electrons. The van der Waals surface area contributed by atoms with Crippen LogP contribution in [-0.2, 0) is 9.59 Å². The number of carbonyl (C=O) groups is 2. The van der Waals surface area contributed by atoms with E-state index in [2.05, 4.69) is 0 Å². The van der Waals surface area contributed by atoms with Crippen molar-refractivity contribution in [3.05, 3.63) is 0 Å². The predicted octanol–water partition coefficient (Wildman–Crippen LogP) is 1.65. The molecule has 1 amide bonds. The second-order valence-corrected chi connectivity index (χ2v) is 4.13. The van der Waals surface area contributed by atoms with Crippen LogP contribution in [0.25, 0.3) is 0 Å². The van der Waals surface area contributed by atoms with Gasteiger partial charge in [0.05, 0.1) is 12.3 Å². The topological polar surface area (TPSA) is 57.6 Å². The maximum atomic E-state index is 11.9. The zero-order valence-electron chi connectivity index (χ0n) is 9.16. The molecule has 0 aromatic rings. The van der Waals surface area contributed by atoms with Crippen molar-refractivity contribution in [2.45, 2.75) is 31.9 Å². The van der Waals surface area contributed by atoms with Gasteiger partial charge >= 0.3 is 12.1 Å². The van der Waals surface area contributed by atoms with Crippen LogP contribution in [0, 0.1) is 5.92 Å². The van der Waals surface area contributed by atoms with Crippen LogP contribution in [0.3, 0.4) is 0 Å². The maximum absolute atomic E-state index is 11.9. The molecule has 17 heavy (non-hydrogen) atoms. The van der Waals surface area contributed by atoms with Gasteiger partial charge < -0.3 is 10.0 Å². The lowest BCUT2D eigenvalue weighted by molar-refractivity contribution is -0.152. The van der Waals surface area contributed by atoms with E-state index in [1.807, 2.05) is 0 Å². The number of carbonyl (C=O) groups excluding carboxylic acids is 1. The molecule has 4 nitrogen and oxygen atoms in total. The summed E-state index contributed by atoms with van der Waals surface area (Å²) in [4.78, 5) is 23.4. The molecule has 0 unspecified atom stereocenters. The van der Waals surface area contributed by atoms with E-state index < -0.39 is 36.8 Å². The Hall–Kier alpha value is -1.27. The second kappa shape index (κ2) is 5.37. The van der Waals surface area contributed by atoms with E-state index in [1.165, 1.54) is 4.90 Å². The van der Waals surface area contributed by atoms with Crippen LogP contribution in [-0.4, -0.2) is 41.1 Å². The average molecular weight is 253 g/mol. The lowest BCUT2D eigenvalue weighted by Gasteiger charge is -2.30. The van der Waals surface area contributed by atoms with Crippen molar-refractivity contribution >= 4 is 11.9 Å². The van der Waals surface area contributed by atoms with Crippen LogP contribution in [0.15, 0.2) is 0 Å². The SMILES string of the molecule is O=C(O)[C@H]1CCCN(C(=O)CCC(F)(F)F)C1. The fourth-order valence-corrected chi connectivity index (χ4v) is 1.81. The van der Waals surface area contributed by atoms with Gasteiger partial charge in [-0.05, 0) is 12.8 Å². The third-order valence-corrected chi connectivity index (χ3v) is 2.75. The highest BCUT2D eigenvalue weighted by atomic mass is 19.4. The standard InChI is InChI=1S/C10H14F3NO3/c11-10(12,13)4-3-8(15)14-5-1-2-7(6-14)9(16)17/h7H,1-6H2,(H,16,17)/t7-/m0/s1. The van der Waals surface area contributed by atoms with E-state index in [9.17, 15) is 22.8 Å². The first kappa shape index (κ1) is 13.8. The Labute approximate surface area is 96.4 Å². The highest BCUT2D eigenvalue weighted by molar-refractivity contribution is 5.78. The Balaban J connectivity index is 2.44. The summed E-state index contributed by atoms with van der Waals surface area (Å²) < 4.78 is 35.8. The first-order valence-electron chi connectivity index (χ1n) is 5.37. The van der Waals surface area contributed by atoms with Gasteiger partial charge in [0.1, 0.15) is 0 Å². The van der Waals surface area contributed by atoms with Gasteiger partial charge in [-0.2, -0.15) is 13.2 Å². The van der Waals surface area contributed by atoms with Gasteiger partial charge in [-0.1, -0.05) is 0 Å². The van der Waals surface area contributed by atoms with Gasteiger partial charge in [0, 0.05) is 19.5 Å². The smallest absolute Gasteiger partial charge is 0.389 e. The summed E-state index contributed by atoms with van der Waals surface area (Å²) in [5.41, 5.74) is 0. The van der Waals surface area contributed by atoms with Crippen molar-refractivity contribution < 1.29 is 27.9 Å². The number of carboxylic acid groups (broad SMARTS) is 1. The number of likely N-dealkylation sites (tertiary alicyclic amines) is 1. The normalized spacial score (nSPS) is 21.4. The predicted molar refractivity (Wildman–Crippen MR) is 52.2 cm³/mol. The van der Waals surface area contributed by atoms with E-state index in [1.54, 1.807) is 0 Å². The first-order valence-corrected chi connectivity index (χ1v) is 5.37. The van der Waals surface area contributed by atoms with E-state index in [0.717, 1.165) is 0 Å². The summed E-state index contributed by atoms with van der Waals surface area (Å²) in [6.45, 7) is 0.368. The Morgan fingerprint density at radius 1 is 1.35 bits per heavy atom. The minimum absolute atomic E-state index is 0.0199. The van der Waals surface area contributed by atoms with Gasteiger partial charge in [-0.15, -0.1) is 0 Å². The number of halogens is 3. The Kier molecular flexibility index (Phi) is 4.36. The molecule has 0 radical (unpaired) electrons. The maximum Gasteiger partial charge on any atom is 0.389 e. The number of carboxylic acids is 1. The minimum Gasteiger partial charge on any atom is -0.481 e. The minimum atomic E-state index is -4.35. The number of nitrogens with zero attached hydrogens (tertiary/aromatic N) is 1. The van der Waals surface area contributed by atoms with E-state index >= 15 is 0 Å². The average Bonchev–Trinajstić information content (AvgIpc) is 2.25. The largest absolute Gasteiger partial charge is 0.481 e. The van der Waals surface area contributed by atoms with E-state index in [4.69, 9.17) is 5.11 Å². The van der Waals surface area contributed by atoms with Crippen molar-refractivity contribution in [3.8, 4) is 0 Å².